The van der Waals surface area contributed by atoms with Gasteiger partial charge in [-0.2, -0.15) is 11.8 Å². The topological polar surface area (TPSA) is 43.8 Å². The van der Waals surface area contributed by atoms with Crippen molar-refractivity contribution >= 4 is 17.7 Å². The van der Waals surface area contributed by atoms with E-state index in [0.717, 1.165) is 26.2 Å². The zero-order valence-corrected chi connectivity index (χ0v) is 10.8. The van der Waals surface area contributed by atoms with Gasteiger partial charge in [-0.25, -0.2) is 0 Å². The van der Waals surface area contributed by atoms with Crippen molar-refractivity contribution in [2.45, 2.75) is 13.3 Å². The molecule has 1 saturated heterocycles. The molecule has 1 aliphatic heterocycles. The zero-order valence-electron chi connectivity index (χ0n) is 10.0. The second kappa shape index (κ2) is 7.92. The fourth-order valence-corrected chi connectivity index (χ4v) is 2.50. The van der Waals surface area contributed by atoms with Crippen molar-refractivity contribution in [2.24, 2.45) is 0 Å². The van der Waals surface area contributed by atoms with E-state index in [1.54, 1.807) is 0 Å². The summed E-state index contributed by atoms with van der Waals surface area (Å²) in [5.74, 6) is 1.71. The fourth-order valence-electron chi connectivity index (χ4n) is 1.83. The summed E-state index contributed by atoms with van der Waals surface area (Å²) >= 11 is 1.98. The Hall–Kier alpha value is -0.260. The number of piperazine rings is 1. The summed E-state index contributed by atoms with van der Waals surface area (Å²) in [7, 11) is 0. The Morgan fingerprint density at radius 3 is 2.25 bits per heavy atom. The Morgan fingerprint density at radius 1 is 1.19 bits per heavy atom. The van der Waals surface area contributed by atoms with Crippen LogP contribution in [-0.4, -0.2) is 71.6 Å². The van der Waals surface area contributed by atoms with E-state index >= 15 is 0 Å². The molecule has 5 heteroatoms. The second-order valence-corrected chi connectivity index (χ2v) is 5.42. The van der Waals surface area contributed by atoms with Crippen LogP contribution in [0.3, 0.4) is 0 Å². The molecule has 1 N–H and O–H groups in total. The Balaban J connectivity index is 2.06. The van der Waals surface area contributed by atoms with E-state index in [-0.39, 0.29) is 6.42 Å². The molecule has 0 saturated carbocycles. The van der Waals surface area contributed by atoms with Gasteiger partial charge < -0.3 is 10.0 Å². The van der Waals surface area contributed by atoms with Gasteiger partial charge in [0.1, 0.15) is 0 Å². The second-order valence-electron chi connectivity index (χ2n) is 4.02. The molecule has 0 radical (unpaired) electrons. The van der Waals surface area contributed by atoms with Gasteiger partial charge in [-0.1, -0.05) is 6.92 Å². The average molecular weight is 246 g/mol. The lowest BCUT2D eigenvalue weighted by Crippen LogP contribution is -2.47. The van der Waals surface area contributed by atoms with Crippen LogP contribution in [0.5, 0.6) is 0 Å². The first kappa shape index (κ1) is 13.8. The lowest BCUT2D eigenvalue weighted by atomic mass is 10.3. The Bertz CT molecular complexity index is 206. The highest BCUT2D eigenvalue weighted by molar-refractivity contribution is 7.99. The number of carbonyl (C=O) groups is 1. The van der Waals surface area contributed by atoms with Gasteiger partial charge in [-0.3, -0.25) is 9.69 Å². The van der Waals surface area contributed by atoms with Crippen LogP contribution in [-0.2, 0) is 4.79 Å². The van der Waals surface area contributed by atoms with Crippen molar-refractivity contribution in [1.29, 1.82) is 0 Å². The number of hydrogen-bond donors (Lipinski definition) is 1. The first-order chi connectivity index (χ1) is 7.72. The maximum absolute atomic E-state index is 10.4. The van der Waals surface area contributed by atoms with Crippen molar-refractivity contribution in [2.75, 3.05) is 50.8 Å². The molecule has 0 aromatic heterocycles. The van der Waals surface area contributed by atoms with Gasteiger partial charge in [0.05, 0.1) is 6.42 Å². The molecule has 0 aromatic carbocycles. The first-order valence-corrected chi connectivity index (χ1v) is 7.12. The SMILES string of the molecule is CCSCCN1CCN(CCC(=O)O)CC1. The number of aliphatic carboxylic acids is 1. The Labute approximate surface area is 102 Å². The molecule has 1 aliphatic rings. The molecule has 0 spiro atoms. The van der Waals surface area contributed by atoms with Crippen LogP contribution in [0, 0.1) is 0 Å². The zero-order chi connectivity index (χ0) is 11.8. The van der Waals surface area contributed by atoms with Gasteiger partial charge in [0, 0.05) is 45.0 Å². The third-order valence-corrected chi connectivity index (χ3v) is 3.74. The Kier molecular flexibility index (Phi) is 6.84. The van der Waals surface area contributed by atoms with Gasteiger partial charge in [0.15, 0.2) is 0 Å². The van der Waals surface area contributed by atoms with E-state index in [1.807, 2.05) is 11.8 Å². The van der Waals surface area contributed by atoms with Gasteiger partial charge >= 0.3 is 5.97 Å². The summed E-state index contributed by atoms with van der Waals surface area (Å²) in [4.78, 5) is 15.2. The summed E-state index contributed by atoms with van der Waals surface area (Å²) < 4.78 is 0. The number of hydrogen-bond acceptors (Lipinski definition) is 4. The van der Waals surface area contributed by atoms with E-state index in [0.29, 0.717) is 6.54 Å². The third-order valence-electron chi connectivity index (χ3n) is 2.86. The summed E-state index contributed by atoms with van der Waals surface area (Å²) in [5.41, 5.74) is 0. The van der Waals surface area contributed by atoms with Crippen molar-refractivity contribution < 1.29 is 9.90 Å². The largest absolute Gasteiger partial charge is 0.481 e. The molecule has 4 nitrogen and oxygen atoms in total. The summed E-state index contributed by atoms with van der Waals surface area (Å²) in [6.45, 7) is 8.27. The molecule has 0 atom stereocenters. The van der Waals surface area contributed by atoms with E-state index in [9.17, 15) is 4.79 Å². The number of carboxylic acids is 1. The highest BCUT2D eigenvalue weighted by Gasteiger charge is 2.16. The van der Waals surface area contributed by atoms with E-state index < -0.39 is 5.97 Å². The molecule has 16 heavy (non-hydrogen) atoms. The van der Waals surface area contributed by atoms with Crippen LogP contribution in [0.1, 0.15) is 13.3 Å². The minimum atomic E-state index is -0.693. The van der Waals surface area contributed by atoms with Crippen LogP contribution in [0.4, 0.5) is 0 Å². The molecule has 0 unspecified atom stereocenters. The fraction of sp³-hybridized carbons (Fsp3) is 0.909. The molecule has 0 amide bonds. The van der Waals surface area contributed by atoms with Crippen LogP contribution in [0.25, 0.3) is 0 Å². The monoisotopic (exact) mass is 246 g/mol. The molecule has 0 bridgehead atoms. The number of thioether (sulfide) groups is 1. The van der Waals surface area contributed by atoms with Crippen LogP contribution in [0.2, 0.25) is 0 Å². The number of nitrogens with zero attached hydrogens (tertiary/aromatic N) is 2. The normalized spacial score (nSPS) is 18.8. The molecule has 0 aromatic rings. The highest BCUT2D eigenvalue weighted by atomic mass is 32.2. The molecule has 94 valence electrons. The summed E-state index contributed by atoms with van der Waals surface area (Å²) in [6.07, 6.45) is 0.270. The van der Waals surface area contributed by atoms with E-state index in [1.165, 1.54) is 18.1 Å². The minimum Gasteiger partial charge on any atom is -0.481 e. The predicted octanol–water partition coefficient (Wildman–Crippen LogP) is 0.832. The predicted molar refractivity (Wildman–Crippen MR) is 68.1 cm³/mol. The van der Waals surface area contributed by atoms with Crippen molar-refractivity contribution in [1.82, 2.24) is 9.80 Å². The Morgan fingerprint density at radius 2 is 1.75 bits per heavy atom. The number of rotatable bonds is 7. The molecular formula is C11H22N2O2S. The lowest BCUT2D eigenvalue weighted by Gasteiger charge is -2.34. The van der Waals surface area contributed by atoms with Gasteiger partial charge in [0.25, 0.3) is 0 Å². The van der Waals surface area contributed by atoms with Gasteiger partial charge in [0.2, 0.25) is 0 Å². The van der Waals surface area contributed by atoms with Crippen molar-refractivity contribution in [3.63, 3.8) is 0 Å². The van der Waals surface area contributed by atoms with Gasteiger partial charge in [-0.15, -0.1) is 0 Å². The maximum atomic E-state index is 10.4. The average Bonchev–Trinajstić information content (AvgIpc) is 2.28. The standard InChI is InChI=1S/C11H22N2O2S/c1-2-16-10-9-13-7-5-12(6-8-13)4-3-11(14)15/h2-10H2,1H3,(H,14,15). The van der Waals surface area contributed by atoms with Crippen LogP contribution >= 0.6 is 11.8 Å². The minimum absolute atomic E-state index is 0.270. The maximum Gasteiger partial charge on any atom is 0.304 e. The van der Waals surface area contributed by atoms with Gasteiger partial charge in [-0.05, 0) is 5.75 Å². The number of carboxylic acid groups (broad SMARTS) is 1. The highest BCUT2D eigenvalue weighted by Crippen LogP contribution is 2.05. The van der Waals surface area contributed by atoms with E-state index in [4.69, 9.17) is 5.11 Å². The third kappa shape index (κ3) is 5.72. The molecular weight excluding hydrogens is 224 g/mol. The smallest absolute Gasteiger partial charge is 0.304 e. The molecule has 0 aliphatic carbocycles. The van der Waals surface area contributed by atoms with Crippen LogP contribution in [0.15, 0.2) is 0 Å². The molecule has 1 heterocycles. The van der Waals surface area contributed by atoms with Crippen molar-refractivity contribution in [3.8, 4) is 0 Å². The molecule has 1 rings (SSSR count). The van der Waals surface area contributed by atoms with E-state index in [2.05, 4.69) is 16.7 Å². The first-order valence-electron chi connectivity index (χ1n) is 5.96. The quantitative estimate of drug-likeness (QED) is 0.674. The summed E-state index contributed by atoms with van der Waals surface area (Å²) in [5, 5.41) is 8.60. The van der Waals surface area contributed by atoms with Crippen molar-refractivity contribution in [3.05, 3.63) is 0 Å². The van der Waals surface area contributed by atoms with Crippen LogP contribution < -0.4 is 0 Å². The summed E-state index contributed by atoms with van der Waals surface area (Å²) in [6, 6.07) is 0. The molecule has 1 fully saturated rings. The lowest BCUT2D eigenvalue weighted by molar-refractivity contribution is -0.137.